The summed E-state index contributed by atoms with van der Waals surface area (Å²) >= 11 is 0. The van der Waals surface area contributed by atoms with E-state index >= 15 is 0 Å². The fraction of sp³-hybridized carbons (Fsp3) is 0. The molecule has 0 aliphatic rings. The predicted octanol–water partition coefficient (Wildman–Crippen LogP) is 2.45. The molecule has 2 aromatic carbocycles. The minimum atomic E-state index is 0.702. The number of fused-ring (bicyclic) bond motifs is 1. The van der Waals surface area contributed by atoms with Gasteiger partial charge in [0.25, 0.3) is 0 Å². The Morgan fingerprint density at radius 1 is 1.17 bits per heavy atom. The van der Waals surface area contributed by atoms with Crippen LogP contribution in [0.25, 0.3) is 10.8 Å². The molecular formula is C11H7O. The Hall–Kier alpha value is -1.63. The van der Waals surface area contributed by atoms with Crippen LogP contribution in [0.3, 0.4) is 0 Å². The first-order valence-electron chi connectivity index (χ1n) is 3.76. The van der Waals surface area contributed by atoms with Gasteiger partial charge in [0.2, 0.25) is 0 Å². The molecular weight excluding hydrogens is 148 g/mol. The quantitative estimate of drug-likeness (QED) is 0.578. The summed E-state index contributed by atoms with van der Waals surface area (Å²) in [5, 5.41) is 2.05. The van der Waals surface area contributed by atoms with E-state index in [1.807, 2.05) is 30.3 Å². The lowest BCUT2D eigenvalue weighted by atomic mass is 10.1. The van der Waals surface area contributed by atoms with Gasteiger partial charge in [-0.1, -0.05) is 24.3 Å². The fourth-order valence-corrected chi connectivity index (χ4v) is 1.28. The second-order valence-corrected chi connectivity index (χ2v) is 2.62. The molecule has 0 atom stereocenters. The van der Waals surface area contributed by atoms with Gasteiger partial charge in [-0.2, -0.15) is 0 Å². The van der Waals surface area contributed by atoms with Crippen molar-refractivity contribution in [2.75, 3.05) is 0 Å². The zero-order chi connectivity index (χ0) is 8.39. The molecule has 0 aromatic heterocycles. The van der Waals surface area contributed by atoms with E-state index in [4.69, 9.17) is 0 Å². The lowest BCUT2D eigenvalue weighted by Gasteiger charge is -1.97. The number of rotatable bonds is 1. The topological polar surface area (TPSA) is 17.1 Å². The summed E-state index contributed by atoms with van der Waals surface area (Å²) in [6.07, 6.45) is 0.860. The maximum atomic E-state index is 10.6. The van der Waals surface area contributed by atoms with E-state index in [1.165, 1.54) is 0 Å². The van der Waals surface area contributed by atoms with E-state index in [-0.39, 0.29) is 0 Å². The van der Waals surface area contributed by atoms with Crippen molar-refractivity contribution in [3.63, 3.8) is 0 Å². The standard InChI is InChI=1S/C11H7O/c12-8-10-6-3-5-9-4-1-2-7-11(9)10/h1-2,4-8H. The van der Waals surface area contributed by atoms with E-state index in [2.05, 4.69) is 6.07 Å². The van der Waals surface area contributed by atoms with Crippen molar-refractivity contribution >= 4 is 17.1 Å². The third kappa shape index (κ3) is 0.996. The maximum absolute atomic E-state index is 10.6. The number of carbonyl (C=O) groups excluding carboxylic acids is 1. The molecule has 2 rings (SSSR count). The third-order valence-corrected chi connectivity index (χ3v) is 1.88. The summed E-state index contributed by atoms with van der Waals surface area (Å²) in [5.41, 5.74) is 0.702. The largest absolute Gasteiger partial charge is 0.298 e. The predicted molar refractivity (Wildman–Crippen MR) is 48.2 cm³/mol. The van der Waals surface area contributed by atoms with Crippen molar-refractivity contribution in [2.24, 2.45) is 0 Å². The van der Waals surface area contributed by atoms with Gasteiger partial charge >= 0.3 is 0 Å². The lowest BCUT2D eigenvalue weighted by molar-refractivity contribution is 0.112. The Kier molecular flexibility index (Phi) is 1.63. The first-order valence-corrected chi connectivity index (χ1v) is 3.76. The summed E-state index contributed by atoms with van der Waals surface area (Å²) in [6, 6.07) is 14.3. The van der Waals surface area contributed by atoms with Gasteiger partial charge < -0.3 is 0 Å². The molecule has 1 nitrogen and oxygen atoms in total. The summed E-state index contributed by atoms with van der Waals surface area (Å²) in [4.78, 5) is 10.6. The minimum absolute atomic E-state index is 0.702. The summed E-state index contributed by atoms with van der Waals surface area (Å²) in [5.74, 6) is 0. The smallest absolute Gasteiger partial charge is 0.150 e. The molecule has 0 amide bonds. The van der Waals surface area contributed by atoms with Gasteiger partial charge in [0.15, 0.2) is 6.29 Å². The van der Waals surface area contributed by atoms with Crippen LogP contribution in [0.15, 0.2) is 36.4 Å². The van der Waals surface area contributed by atoms with Gasteiger partial charge in [0.05, 0.1) is 0 Å². The monoisotopic (exact) mass is 155 g/mol. The van der Waals surface area contributed by atoms with Crippen LogP contribution in [0.4, 0.5) is 0 Å². The van der Waals surface area contributed by atoms with E-state index in [0.29, 0.717) is 5.56 Å². The Labute approximate surface area is 70.6 Å². The highest BCUT2D eigenvalue weighted by Crippen LogP contribution is 2.15. The molecule has 0 aliphatic carbocycles. The van der Waals surface area contributed by atoms with Crippen LogP contribution in [0, 0.1) is 6.07 Å². The maximum Gasteiger partial charge on any atom is 0.150 e. The fourth-order valence-electron chi connectivity index (χ4n) is 1.28. The number of hydrogen-bond donors (Lipinski definition) is 0. The summed E-state index contributed by atoms with van der Waals surface area (Å²) < 4.78 is 0. The van der Waals surface area contributed by atoms with E-state index in [0.717, 1.165) is 17.1 Å². The number of hydrogen-bond acceptors (Lipinski definition) is 1. The van der Waals surface area contributed by atoms with Gasteiger partial charge in [0.1, 0.15) is 0 Å². The molecule has 0 bridgehead atoms. The Morgan fingerprint density at radius 2 is 2.00 bits per heavy atom. The van der Waals surface area contributed by atoms with Crippen LogP contribution in [0.2, 0.25) is 0 Å². The van der Waals surface area contributed by atoms with E-state index in [1.54, 1.807) is 6.07 Å². The van der Waals surface area contributed by atoms with Crippen molar-refractivity contribution in [3.8, 4) is 0 Å². The average Bonchev–Trinajstić information content (AvgIpc) is 2.17. The number of aldehydes is 1. The van der Waals surface area contributed by atoms with Crippen molar-refractivity contribution < 1.29 is 4.79 Å². The molecule has 0 saturated carbocycles. The molecule has 0 fully saturated rings. The lowest BCUT2D eigenvalue weighted by Crippen LogP contribution is -1.81. The van der Waals surface area contributed by atoms with Gasteiger partial charge in [-0.3, -0.25) is 4.79 Å². The van der Waals surface area contributed by atoms with Gasteiger partial charge in [0, 0.05) is 5.56 Å². The molecule has 0 saturated heterocycles. The van der Waals surface area contributed by atoms with Crippen molar-refractivity contribution in [3.05, 3.63) is 48.0 Å². The Morgan fingerprint density at radius 3 is 2.83 bits per heavy atom. The van der Waals surface area contributed by atoms with Crippen molar-refractivity contribution in [1.29, 1.82) is 0 Å². The van der Waals surface area contributed by atoms with Crippen LogP contribution in [-0.2, 0) is 0 Å². The average molecular weight is 155 g/mol. The van der Waals surface area contributed by atoms with Crippen LogP contribution >= 0.6 is 0 Å². The van der Waals surface area contributed by atoms with Crippen LogP contribution in [0.5, 0.6) is 0 Å². The second-order valence-electron chi connectivity index (χ2n) is 2.62. The molecule has 12 heavy (non-hydrogen) atoms. The highest BCUT2D eigenvalue weighted by molar-refractivity contribution is 5.97. The third-order valence-electron chi connectivity index (χ3n) is 1.88. The summed E-state index contributed by atoms with van der Waals surface area (Å²) in [6.45, 7) is 0. The molecule has 57 valence electrons. The van der Waals surface area contributed by atoms with Gasteiger partial charge in [-0.15, -0.1) is 0 Å². The SMILES string of the molecule is O=Cc1c[c]cc2ccccc12. The zero-order valence-electron chi connectivity index (χ0n) is 6.45. The van der Waals surface area contributed by atoms with Gasteiger partial charge in [-0.25, -0.2) is 0 Å². The first kappa shape index (κ1) is 7.04. The van der Waals surface area contributed by atoms with E-state index < -0.39 is 0 Å². The first-order chi connectivity index (χ1) is 5.92. The van der Waals surface area contributed by atoms with Crippen LogP contribution < -0.4 is 0 Å². The molecule has 1 radical (unpaired) electrons. The van der Waals surface area contributed by atoms with Crippen LogP contribution in [0.1, 0.15) is 10.4 Å². The summed E-state index contributed by atoms with van der Waals surface area (Å²) in [7, 11) is 0. The molecule has 0 heterocycles. The molecule has 0 spiro atoms. The normalized spacial score (nSPS) is 10.0. The second kappa shape index (κ2) is 2.78. The van der Waals surface area contributed by atoms with E-state index in [9.17, 15) is 4.79 Å². The highest BCUT2D eigenvalue weighted by atomic mass is 16.1. The number of benzene rings is 2. The number of carbonyl (C=O) groups is 1. The Balaban J connectivity index is 2.88. The molecule has 0 aliphatic heterocycles. The molecule has 2 aromatic rings. The highest BCUT2D eigenvalue weighted by Gasteiger charge is 1.96. The van der Waals surface area contributed by atoms with Crippen molar-refractivity contribution in [2.45, 2.75) is 0 Å². The molecule has 0 unspecified atom stereocenters. The van der Waals surface area contributed by atoms with Crippen molar-refractivity contribution in [1.82, 2.24) is 0 Å². The molecule has 1 heteroatoms. The Bertz CT molecular complexity index is 413. The molecule has 0 N–H and O–H groups in total. The van der Waals surface area contributed by atoms with Gasteiger partial charge in [-0.05, 0) is 29.0 Å². The zero-order valence-corrected chi connectivity index (χ0v) is 6.45. The minimum Gasteiger partial charge on any atom is -0.298 e. The van der Waals surface area contributed by atoms with Crippen LogP contribution in [-0.4, -0.2) is 6.29 Å².